The van der Waals surface area contributed by atoms with Gasteiger partial charge < -0.3 is 25.0 Å². The summed E-state index contributed by atoms with van der Waals surface area (Å²) in [5.41, 5.74) is 3.31. The maximum atomic E-state index is 12.6. The third kappa shape index (κ3) is 6.80. The highest BCUT2D eigenvalue weighted by Gasteiger charge is 2.27. The van der Waals surface area contributed by atoms with E-state index in [2.05, 4.69) is 51.4 Å². The predicted molar refractivity (Wildman–Crippen MR) is 170 cm³/mol. The van der Waals surface area contributed by atoms with Gasteiger partial charge in [-0.05, 0) is 72.4 Å². The van der Waals surface area contributed by atoms with Gasteiger partial charge in [-0.3, -0.25) is 4.68 Å². The Morgan fingerprint density at radius 3 is 2.66 bits per heavy atom. The topological polar surface area (TPSA) is 124 Å². The lowest BCUT2D eigenvalue weighted by Gasteiger charge is -2.36. The van der Waals surface area contributed by atoms with E-state index < -0.39 is 5.60 Å². The molecule has 0 bridgehead atoms. The van der Waals surface area contributed by atoms with Crippen LogP contribution in [-0.2, 0) is 9.47 Å². The van der Waals surface area contributed by atoms with Gasteiger partial charge in [-0.2, -0.15) is 10.2 Å². The van der Waals surface area contributed by atoms with Crippen LogP contribution in [0.2, 0.25) is 0 Å². The molecule has 12 heteroatoms. The van der Waals surface area contributed by atoms with Gasteiger partial charge in [0, 0.05) is 73.4 Å². The molecule has 1 atom stereocenters. The van der Waals surface area contributed by atoms with Crippen molar-refractivity contribution in [1.82, 2.24) is 34.8 Å². The van der Waals surface area contributed by atoms with Crippen molar-refractivity contribution in [1.29, 1.82) is 0 Å². The second-order valence-corrected chi connectivity index (χ2v) is 13.0. The van der Waals surface area contributed by atoms with Crippen molar-refractivity contribution in [2.24, 2.45) is 0 Å². The number of ether oxygens (including phenoxy) is 2. The number of nitrogens with zero attached hydrogens (tertiary/aromatic N) is 7. The lowest BCUT2D eigenvalue weighted by Crippen LogP contribution is -2.49. The normalized spacial score (nSPS) is 18.1. The molecule has 234 valence electrons. The Hall–Kier alpha value is -4.19. The molecule has 4 aromatic rings. The lowest BCUT2D eigenvalue weighted by atomic mass is 10.0. The number of alkyl carbamates (subject to hydrolysis) is 1. The first-order valence-electron chi connectivity index (χ1n) is 15.6. The number of hydrogen-bond donors (Lipinski definition) is 2. The van der Waals surface area contributed by atoms with Gasteiger partial charge in [-0.25, -0.2) is 19.4 Å². The Kier molecular flexibility index (Phi) is 8.44. The number of amides is 1. The second-order valence-electron chi connectivity index (χ2n) is 13.0. The van der Waals surface area contributed by atoms with Gasteiger partial charge in [0.2, 0.25) is 0 Å². The fourth-order valence-electron chi connectivity index (χ4n) is 5.91. The van der Waals surface area contributed by atoms with Crippen molar-refractivity contribution >= 4 is 34.4 Å². The highest BCUT2D eigenvalue weighted by molar-refractivity contribution is 5.81. The van der Waals surface area contributed by atoms with Crippen molar-refractivity contribution < 1.29 is 14.3 Å². The van der Waals surface area contributed by atoms with Crippen LogP contribution < -0.4 is 15.5 Å². The van der Waals surface area contributed by atoms with E-state index in [9.17, 15) is 4.79 Å². The predicted octanol–water partition coefficient (Wildman–Crippen LogP) is 5.86. The maximum absolute atomic E-state index is 12.6. The molecule has 0 unspecified atom stereocenters. The van der Waals surface area contributed by atoms with Gasteiger partial charge in [0.05, 0.1) is 24.1 Å². The average molecular weight is 602 g/mol. The van der Waals surface area contributed by atoms with E-state index >= 15 is 0 Å². The molecule has 12 nitrogen and oxygen atoms in total. The number of nitrogens with one attached hydrogen (secondary N) is 2. The van der Waals surface area contributed by atoms with Crippen LogP contribution in [0.5, 0.6) is 0 Å². The molecule has 1 amide bonds. The Balaban J connectivity index is 1.30. The van der Waals surface area contributed by atoms with Crippen molar-refractivity contribution in [2.45, 2.75) is 84.0 Å². The monoisotopic (exact) mass is 601 g/mol. The van der Waals surface area contributed by atoms with Crippen molar-refractivity contribution in [3.05, 3.63) is 43.0 Å². The van der Waals surface area contributed by atoms with Gasteiger partial charge in [0.25, 0.3) is 0 Å². The Morgan fingerprint density at radius 2 is 1.89 bits per heavy atom. The molecule has 0 aliphatic carbocycles. The summed E-state index contributed by atoms with van der Waals surface area (Å²) >= 11 is 0. The van der Waals surface area contributed by atoms with Crippen LogP contribution in [0.4, 0.5) is 22.1 Å². The number of piperidine rings is 1. The summed E-state index contributed by atoms with van der Waals surface area (Å²) in [4.78, 5) is 24.6. The highest BCUT2D eigenvalue weighted by atomic mass is 16.6. The summed E-state index contributed by atoms with van der Waals surface area (Å²) in [6.07, 6.45) is 11.1. The molecule has 44 heavy (non-hydrogen) atoms. The molecule has 0 radical (unpaired) electrons. The van der Waals surface area contributed by atoms with E-state index in [4.69, 9.17) is 24.5 Å². The molecule has 2 aliphatic rings. The molecule has 2 fully saturated rings. The van der Waals surface area contributed by atoms with Crippen LogP contribution in [0, 0.1) is 0 Å². The van der Waals surface area contributed by atoms with Crippen LogP contribution in [0.15, 0.2) is 43.0 Å². The number of carbonyl (C=O) groups excluding carboxylic acids is 1. The maximum Gasteiger partial charge on any atom is 0.407 e. The van der Waals surface area contributed by atoms with Gasteiger partial charge in [0.1, 0.15) is 17.2 Å². The molecule has 0 saturated carbocycles. The third-order valence-electron chi connectivity index (χ3n) is 8.03. The largest absolute Gasteiger partial charge is 0.444 e. The van der Waals surface area contributed by atoms with Crippen LogP contribution in [0.25, 0.3) is 22.2 Å². The Bertz CT molecular complexity index is 1600. The first-order chi connectivity index (χ1) is 21.1. The molecule has 4 aromatic heterocycles. The second kappa shape index (κ2) is 12.4. The van der Waals surface area contributed by atoms with Crippen molar-refractivity contribution in [3.8, 4) is 11.1 Å². The smallest absolute Gasteiger partial charge is 0.407 e. The van der Waals surface area contributed by atoms with Crippen LogP contribution in [0.3, 0.4) is 0 Å². The van der Waals surface area contributed by atoms with Crippen LogP contribution in [-0.4, -0.2) is 73.6 Å². The molecule has 2 saturated heterocycles. The average Bonchev–Trinajstić information content (AvgIpc) is 3.65. The summed E-state index contributed by atoms with van der Waals surface area (Å²) in [5, 5.41) is 16.7. The standard InChI is InChI=1S/C32H43N9O3/c1-21(2)41-30-22(16-35-41)8-9-28(38-30)37-29-15-27(39-12-6-7-24(20-39)36-31(42)44-32(3,4)5)26(18-33-29)23-17-34-40(19-23)25-10-13-43-14-11-25/h8-9,15-19,21,24-25H,6-7,10-14,20H2,1-5H3,(H,36,42)(H,33,37,38)/t24-/m0/s1. The SMILES string of the molecule is CC(C)n1ncc2ccc(Nc3cc(N4CCC[C@H](NC(=O)OC(C)(C)C)C4)c(-c4cnn(C5CCOCC5)c4)cn3)nc21. The van der Waals surface area contributed by atoms with E-state index in [1.54, 1.807) is 0 Å². The molecule has 6 heterocycles. The Labute approximate surface area is 258 Å². The first-order valence-corrected chi connectivity index (χ1v) is 15.6. The van der Waals surface area contributed by atoms with Gasteiger partial charge in [-0.15, -0.1) is 0 Å². The number of aromatic nitrogens is 6. The van der Waals surface area contributed by atoms with E-state index in [0.29, 0.717) is 24.2 Å². The molecular weight excluding hydrogens is 558 g/mol. The zero-order valence-corrected chi connectivity index (χ0v) is 26.3. The first kappa shape index (κ1) is 29.9. The minimum absolute atomic E-state index is 0.0404. The fraction of sp³-hybridized carbons (Fsp3) is 0.531. The van der Waals surface area contributed by atoms with Crippen molar-refractivity contribution in [2.75, 3.05) is 36.5 Å². The number of carbonyl (C=O) groups is 1. The van der Waals surface area contributed by atoms with Gasteiger partial charge in [-0.1, -0.05) is 0 Å². The summed E-state index contributed by atoms with van der Waals surface area (Å²) in [6.45, 7) is 12.8. The Morgan fingerprint density at radius 1 is 1.07 bits per heavy atom. The summed E-state index contributed by atoms with van der Waals surface area (Å²) in [5.74, 6) is 1.38. The third-order valence-corrected chi connectivity index (χ3v) is 8.03. The molecule has 0 spiro atoms. The molecule has 0 aromatic carbocycles. The number of anilines is 3. The number of hydrogen-bond acceptors (Lipinski definition) is 9. The number of rotatable bonds is 7. The number of fused-ring (bicyclic) bond motifs is 1. The number of pyridine rings is 2. The van der Waals surface area contributed by atoms with Crippen molar-refractivity contribution in [3.63, 3.8) is 0 Å². The summed E-state index contributed by atoms with van der Waals surface area (Å²) in [7, 11) is 0. The molecule has 2 N–H and O–H groups in total. The van der Waals surface area contributed by atoms with E-state index in [-0.39, 0.29) is 18.2 Å². The summed E-state index contributed by atoms with van der Waals surface area (Å²) in [6, 6.07) is 6.52. The molecule has 2 aliphatic heterocycles. The van der Waals surface area contributed by atoms with E-state index in [1.165, 1.54) is 0 Å². The van der Waals surface area contributed by atoms with E-state index in [0.717, 1.165) is 73.3 Å². The molecule has 6 rings (SSSR count). The minimum Gasteiger partial charge on any atom is -0.444 e. The lowest BCUT2D eigenvalue weighted by molar-refractivity contribution is 0.0500. The minimum atomic E-state index is -0.550. The fourth-order valence-corrected chi connectivity index (χ4v) is 5.91. The van der Waals surface area contributed by atoms with Gasteiger partial charge in [0.15, 0.2) is 5.65 Å². The van der Waals surface area contributed by atoms with Crippen LogP contribution in [0.1, 0.15) is 72.4 Å². The highest BCUT2D eigenvalue weighted by Crippen LogP contribution is 2.35. The quantitative estimate of drug-likeness (QED) is 0.268. The zero-order chi connectivity index (χ0) is 30.8. The van der Waals surface area contributed by atoms with Crippen LogP contribution >= 0.6 is 0 Å². The van der Waals surface area contributed by atoms with E-state index in [1.807, 2.05) is 56.2 Å². The molecular formula is C32H43N9O3. The summed E-state index contributed by atoms with van der Waals surface area (Å²) < 4.78 is 15.1. The zero-order valence-electron chi connectivity index (χ0n) is 26.3. The van der Waals surface area contributed by atoms with Gasteiger partial charge >= 0.3 is 6.09 Å².